The second-order valence-corrected chi connectivity index (χ2v) is 5.11. The van der Waals surface area contributed by atoms with Gasteiger partial charge in [-0.2, -0.15) is 13.2 Å². The number of pyridine rings is 1. The van der Waals surface area contributed by atoms with Gasteiger partial charge in [0.25, 0.3) is 0 Å². The van der Waals surface area contributed by atoms with Gasteiger partial charge in [0.15, 0.2) is 0 Å². The number of carbonyl (C=O) groups is 2. The minimum Gasteiger partial charge on any atom is -0.324 e. The van der Waals surface area contributed by atoms with Crippen LogP contribution in [-0.4, -0.2) is 29.5 Å². The first kappa shape index (κ1) is 16.3. The molecule has 2 heterocycles. The van der Waals surface area contributed by atoms with Gasteiger partial charge in [-0.3, -0.25) is 14.6 Å². The lowest BCUT2D eigenvalue weighted by atomic mass is 10.1. The molecule has 1 unspecified atom stereocenters. The summed E-state index contributed by atoms with van der Waals surface area (Å²) in [6, 6.07) is 1.52. The number of carbonyl (C=O) groups excluding carboxylic acids is 2. The Balaban J connectivity index is 2.27. The van der Waals surface area contributed by atoms with Crippen LogP contribution < -0.4 is 10.2 Å². The summed E-state index contributed by atoms with van der Waals surface area (Å²) in [5.41, 5.74) is 0.718. The number of hydrogen-bond donors (Lipinski definition) is 1. The molecule has 0 aromatic carbocycles. The number of alkyl halides is 3. The summed E-state index contributed by atoms with van der Waals surface area (Å²) in [6.45, 7) is 1.84. The molecular formula is C14H16F3N3O2. The van der Waals surface area contributed by atoms with Gasteiger partial charge in [-0.25, -0.2) is 0 Å². The van der Waals surface area contributed by atoms with Crippen LogP contribution in [0.1, 0.15) is 26.2 Å². The van der Waals surface area contributed by atoms with E-state index >= 15 is 0 Å². The molecule has 0 bridgehead atoms. The van der Waals surface area contributed by atoms with Gasteiger partial charge in [0.05, 0.1) is 29.9 Å². The predicted molar refractivity (Wildman–Crippen MR) is 74.3 cm³/mol. The molecule has 120 valence electrons. The molecule has 0 saturated heterocycles. The number of hydrogen-bond acceptors (Lipinski definition) is 3. The molecule has 0 radical (unpaired) electrons. The Morgan fingerprint density at radius 3 is 2.86 bits per heavy atom. The molecule has 1 N–H and O–H groups in total. The van der Waals surface area contributed by atoms with E-state index in [2.05, 4.69) is 10.3 Å². The van der Waals surface area contributed by atoms with Crippen molar-refractivity contribution >= 4 is 23.2 Å². The molecule has 1 atom stereocenters. The van der Waals surface area contributed by atoms with E-state index in [-0.39, 0.29) is 12.5 Å². The number of rotatable bonds is 3. The summed E-state index contributed by atoms with van der Waals surface area (Å²) in [7, 11) is 0. The van der Waals surface area contributed by atoms with Crippen LogP contribution in [0.2, 0.25) is 0 Å². The Morgan fingerprint density at radius 2 is 2.23 bits per heavy atom. The average Bonchev–Trinajstić information content (AvgIpc) is 2.60. The van der Waals surface area contributed by atoms with Crippen molar-refractivity contribution in [3.8, 4) is 0 Å². The molecule has 1 aromatic heterocycles. The van der Waals surface area contributed by atoms with E-state index in [4.69, 9.17) is 0 Å². The molecule has 2 amide bonds. The highest BCUT2D eigenvalue weighted by atomic mass is 19.4. The minimum atomic E-state index is -4.39. The normalized spacial score (nSPS) is 18.5. The quantitative estimate of drug-likeness (QED) is 0.933. The van der Waals surface area contributed by atoms with Crippen molar-refractivity contribution in [1.29, 1.82) is 0 Å². The van der Waals surface area contributed by atoms with Gasteiger partial charge in [0.2, 0.25) is 11.8 Å². The zero-order chi connectivity index (χ0) is 16.3. The standard InChI is InChI=1S/C14H16F3N3O2/c1-2-9-8-20(12(21)3-5-14(15,16)17)11-7-18-6-4-10(11)19-13(9)22/h4,6-7,9H,2-3,5,8H2,1H3,(H,19,22). The summed E-state index contributed by atoms with van der Waals surface area (Å²) in [5.74, 6) is -1.38. The van der Waals surface area contributed by atoms with Crippen molar-refractivity contribution in [1.82, 2.24) is 4.98 Å². The van der Waals surface area contributed by atoms with Gasteiger partial charge in [-0.05, 0) is 12.5 Å². The molecule has 1 aliphatic rings. The molecule has 0 aliphatic carbocycles. The lowest BCUT2D eigenvalue weighted by Gasteiger charge is -2.24. The van der Waals surface area contributed by atoms with Gasteiger partial charge in [0, 0.05) is 19.2 Å². The summed E-state index contributed by atoms with van der Waals surface area (Å²) in [5, 5.41) is 2.69. The SMILES string of the molecule is CCC1CN(C(=O)CCC(F)(F)F)c2cnccc2NC1=O. The number of halogens is 3. The third-order valence-electron chi connectivity index (χ3n) is 3.54. The number of anilines is 2. The van der Waals surface area contributed by atoms with Gasteiger partial charge in [-0.15, -0.1) is 0 Å². The maximum atomic E-state index is 12.3. The zero-order valence-corrected chi connectivity index (χ0v) is 12.0. The van der Waals surface area contributed by atoms with Crippen LogP contribution in [0.3, 0.4) is 0 Å². The smallest absolute Gasteiger partial charge is 0.324 e. The van der Waals surface area contributed by atoms with E-state index in [0.29, 0.717) is 17.8 Å². The van der Waals surface area contributed by atoms with Gasteiger partial charge in [0.1, 0.15) is 0 Å². The largest absolute Gasteiger partial charge is 0.389 e. The Hall–Kier alpha value is -2.12. The number of amides is 2. The Morgan fingerprint density at radius 1 is 1.50 bits per heavy atom. The molecule has 5 nitrogen and oxygen atoms in total. The second-order valence-electron chi connectivity index (χ2n) is 5.11. The first-order valence-electron chi connectivity index (χ1n) is 6.94. The van der Waals surface area contributed by atoms with Crippen LogP contribution in [0.15, 0.2) is 18.5 Å². The lowest BCUT2D eigenvalue weighted by Crippen LogP contribution is -2.37. The van der Waals surface area contributed by atoms with Crippen molar-refractivity contribution in [2.24, 2.45) is 5.92 Å². The lowest BCUT2D eigenvalue weighted by molar-refractivity contribution is -0.143. The molecule has 0 fully saturated rings. The Kier molecular flexibility index (Phi) is 4.68. The number of aromatic nitrogens is 1. The van der Waals surface area contributed by atoms with Crippen molar-refractivity contribution in [3.63, 3.8) is 0 Å². The van der Waals surface area contributed by atoms with Crippen molar-refractivity contribution in [3.05, 3.63) is 18.5 Å². The summed E-state index contributed by atoms with van der Waals surface area (Å²) in [4.78, 5) is 29.3. The summed E-state index contributed by atoms with van der Waals surface area (Å²) in [6.07, 6.45) is -2.92. The number of nitrogens with zero attached hydrogens (tertiary/aromatic N) is 2. The van der Waals surface area contributed by atoms with Crippen LogP contribution in [0.4, 0.5) is 24.5 Å². The van der Waals surface area contributed by atoms with E-state index in [0.717, 1.165) is 0 Å². The molecular weight excluding hydrogens is 299 g/mol. The zero-order valence-electron chi connectivity index (χ0n) is 12.0. The molecule has 22 heavy (non-hydrogen) atoms. The molecule has 0 spiro atoms. The number of fused-ring (bicyclic) bond motifs is 1. The monoisotopic (exact) mass is 315 g/mol. The highest BCUT2D eigenvalue weighted by molar-refractivity contribution is 6.04. The van der Waals surface area contributed by atoms with Crippen molar-refractivity contribution in [2.45, 2.75) is 32.4 Å². The van der Waals surface area contributed by atoms with Crippen LogP contribution in [-0.2, 0) is 9.59 Å². The summed E-state index contributed by atoms with van der Waals surface area (Å²) >= 11 is 0. The van der Waals surface area contributed by atoms with Crippen LogP contribution in [0.25, 0.3) is 0 Å². The van der Waals surface area contributed by atoms with E-state index in [9.17, 15) is 22.8 Å². The first-order valence-corrected chi connectivity index (χ1v) is 6.94. The minimum absolute atomic E-state index is 0.0533. The third-order valence-corrected chi connectivity index (χ3v) is 3.54. The highest BCUT2D eigenvalue weighted by Gasteiger charge is 2.33. The predicted octanol–water partition coefficient (Wildman–Crippen LogP) is 2.74. The summed E-state index contributed by atoms with van der Waals surface area (Å²) < 4.78 is 36.9. The van der Waals surface area contributed by atoms with E-state index < -0.39 is 30.8 Å². The van der Waals surface area contributed by atoms with E-state index in [1.807, 2.05) is 0 Å². The third kappa shape index (κ3) is 3.75. The topological polar surface area (TPSA) is 62.3 Å². The molecule has 0 saturated carbocycles. The Bertz CT molecular complexity index is 575. The fourth-order valence-corrected chi connectivity index (χ4v) is 2.28. The fourth-order valence-electron chi connectivity index (χ4n) is 2.28. The molecule has 1 aromatic rings. The van der Waals surface area contributed by atoms with Gasteiger partial charge < -0.3 is 10.2 Å². The maximum Gasteiger partial charge on any atom is 0.389 e. The molecule has 8 heteroatoms. The van der Waals surface area contributed by atoms with Gasteiger partial charge >= 0.3 is 6.18 Å². The second kappa shape index (κ2) is 6.33. The fraction of sp³-hybridized carbons (Fsp3) is 0.500. The van der Waals surface area contributed by atoms with Gasteiger partial charge in [-0.1, -0.05) is 6.92 Å². The van der Waals surface area contributed by atoms with Crippen LogP contribution in [0.5, 0.6) is 0 Å². The van der Waals surface area contributed by atoms with Crippen LogP contribution >= 0.6 is 0 Å². The molecule has 2 rings (SSSR count). The Labute approximate surface area is 125 Å². The van der Waals surface area contributed by atoms with Crippen LogP contribution in [0, 0.1) is 5.92 Å². The maximum absolute atomic E-state index is 12.3. The van der Waals surface area contributed by atoms with E-state index in [1.165, 1.54) is 23.4 Å². The van der Waals surface area contributed by atoms with Crippen molar-refractivity contribution < 1.29 is 22.8 Å². The average molecular weight is 315 g/mol. The van der Waals surface area contributed by atoms with Crippen molar-refractivity contribution in [2.75, 3.05) is 16.8 Å². The molecule has 1 aliphatic heterocycles. The number of nitrogens with one attached hydrogen (secondary N) is 1. The van der Waals surface area contributed by atoms with E-state index in [1.54, 1.807) is 6.92 Å². The highest BCUT2D eigenvalue weighted by Crippen LogP contribution is 2.31. The first-order chi connectivity index (χ1) is 10.3.